The fourth-order valence-electron chi connectivity index (χ4n) is 4.79. The van der Waals surface area contributed by atoms with Gasteiger partial charge in [0.25, 0.3) is 0 Å². The predicted molar refractivity (Wildman–Crippen MR) is 136 cm³/mol. The minimum absolute atomic E-state index is 0.0616. The number of benzene rings is 1. The van der Waals surface area contributed by atoms with Crippen LogP contribution in [-0.4, -0.2) is 47.8 Å². The lowest BCUT2D eigenvalue weighted by atomic mass is 9.98. The zero-order valence-electron chi connectivity index (χ0n) is 21.0. The highest BCUT2D eigenvalue weighted by atomic mass is 16.6. The summed E-state index contributed by atoms with van der Waals surface area (Å²) in [6, 6.07) is 13.8. The molecule has 0 spiro atoms. The Kier molecular flexibility index (Phi) is 7.50. The number of rotatable bonds is 8. The van der Waals surface area contributed by atoms with Crippen molar-refractivity contribution >= 4 is 11.8 Å². The normalized spacial score (nSPS) is 17.8. The molecule has 0 bridgehead atoms. The van der Waals surface area contributed by atoms with Crippen molar-refractivity contribution in [2.45, 2.75) is 63.5 Å². The second kappa shape index (κ2) is 10.6. The monoisotopic (exact) mass is 479 g/mol. The van der Waals surface area contributed by atoms with Crippen LogP contribution in [0.25, 0.3) is 5.70 Å². The van der Waals surface area contributed by atoms with Gasteiger partial charge in [-0.15, -0.1) is 0 Å². The van der Waals surface area contributed by atoms with Crippen molar-refractivity contribution in [3.63, 3.8) is 0 Å². The molecular formula is C27H37N5O3. The summed E-state index contributed by atoms with van der Waals surface area (Å²) in [5.41, 5.74) is 9.42. The molecule has 1 aromatic carbocycles. The third-order valence-electron chi connectivity index (χ3n) is 7.18. The number of pyridine rings is 1. The molecule has 2 fully saturated rings. The Labute approximate surface area is 207 Å². The zero-order valence-corrected chi connectivity index (χ0v) is 21.0. The van der Waals surface area contributed by atoms with E-state index in [9.17, 15) is 4.79 Å². The van der Waals surface area contributed by atoms with Crippen molar-refractivity contribution in [2.24, 2.45) is 11.6 Å². The number of hydrogen-bond acceptors (Lipinski definition) is 7. The van der Waals surface area contributed by atoms with Crippen molar-refractivity contribution in [3.05, 3.63) is 65.1 Å². The van der Waals surface area contributed by atoms with E-state index >= 15 is 0 Å². The second-order valence-corrected chi connectivity index (χ2v) is 9.64. The predicted octanol–water partition coefficient (Wildman–Crippen LogP) is 4.29. The number of likely N-dealkylation sites (N-methyl/N-ethyl adjacent to an activating group) is 1. The van der Waals surface area contributed by atoms with Crippen molar-refractivity contribution in [3.8, 4) is 5.75 Å². The van der Waals surface area contributed by atoms with Gasteiger partial charge in [-0.25, -0.2) is 15.6 Å². The van der Waals surface area contributed by atoms with Crippen LogP contribution in [-0.2, 0) is 10.3 Å². The maximum absolute atomic E-state index is 12.9. The number of nitrogens with zero attached hydrogens (tertiary/aromatic N) is 3. The SMILES string of the molecule is Cc1nc(/C(N)=C(\COC(=O)N(C)C2(c3ccccc3)CC2)N(C)N)ccc1OC1CCCCC1. The summed E-state index contributed by atoms with van der Waals surface area (Å²) in [5.74, 6) is 6.83. The summed E-state index contributed by atoms with van der Waals surface area (Å²) in [6.45, 7) is 1.85. The summed E-state index contributed by atoms with van der Waals surface area (Å²) >= 11 is 0. The van der Waals surface area contributed by atoms with Gasteiger partial charge < -0.3 is 25.1 Å². The molecule has 2 aliphatic rings. The highest BCUT2D eigenvalue weighted by molar-refractivity contribution is 5.70. The van der Waals surface area contributed by atoms with Gasteiger partial charge in [-0.2, -0.15) is 0 Å². The molecule has 2 aliphatic carbocycles. The molecule has 188 valence electrons. The topological polar surface area (TPSA) is 107 Å². The summed E-state index contributed by atoms with van der Waals surface area (Å²) in [5, 5.41) is 1.37. The van der Waals surface area contributed by atoms with E-state index in [0.29, 0.717) is 17.1 Å². The van der Waals surface area contributed by atoms with Crippen LogP contribution in [0.15, 0.2) is 48.2 Å². The van der Waals surface area contributed by atoms with Crippen molar-refractivity contribution in [1.29, 1.82) is 0 Å². The first-order valence-corrected chi connectivity index (χ1v) is 12.4. The molecule has 0 saturated heterocycles. The molecule has 8 heteroatoms. The van der Waals surface area contributed by atoms with Gasteiger partial charge in [0.05, 0.1) is 34.4 Å². The number of aromatic nitrogens is 1. The molecule has 4 rings (SSSR count). The third kappa shape index (κ3) is 5.53. The number of aryl methyl sites for hydroxylation is 1. The van der Waals surface area contributed by atoms with Crippen LogP contribution in [0.4, 0.5) is 4.79 Å². The molecule has 2 saturated carbocycles. The fraction of sp³-hybridized carbons (Fsp3) is 0.481. The number of amides is 1. The Morgan fingerprint density at radius 1 is 1.09 bits per heavy atom. The maximum Gasteiger partial charge on any atom is 0.410 e. The first kappa shape index (κ1) is 24.9. The number of ether oxygens (including phenoxy) is 2. The molecule has 1 amide bonds. The summed E-state index contributed by atoms with van der Waals surface area (Å²) in [4.78, 5) is 19.3. The quantitative estimate of drug-likeness (QED) is 0.430. The first-order chi connectivity index (χ1) is 16.8. The van der Waals surface area contributed by atoms with Crippen LogP contribution in [0, 0.1) is 6.92 Å². The van der Waals surface area contributed by atoms with Gasteiger partial charge in [0.1, 0.15) is 12.4 Å². The smallest absolute Gasteiger partial charge is 0.410 e. The Hall–Kier alpha value is -3.26. The minimum Gasteiger partial charge on any atom is -0.489 e. The van der Waals surface area contributed by atoms with E-state index < -0.39 is 6.09 Å². The lowest BCUT2D eigenvalue weighted by Crippen LogP contribution is -2.39. The summed E-state index contributed by atoms with van der Waals surface area (Å²) in [7, 11) is 3.44. The summed E-state index contributed by atoms with van der Waals surface area (Å²) in [6.07, 6.45) is 7.49. The zero-order chi connectivity index (χ0) is 25.0. The highest BCUT2D eigenvalue weighted by Gasteiger charge is 2.50. The lowest BCUT2D eigenvalue weighted by Gasteiger charge is -2.29. The second-order valence-electron chi connectivity index (χ2n) is 9.64. The highest BCUT2D eigenvalue weighted by Crippen LogP contribution is 2.50. The van der Waals surface area contributed by atoms with E-state index in [0.717, 1.165) is 42.7 Å². The van der Waals surface area contributed by atoms with Crippen LogP contribution in [0.3, 0.4) is 0 Å². The number of carbonyl (C=O) groups excluding carboxylic acids is 1. The van der Waals surface area contributed by atoms with E-state index in [1.807, 2.05) is 49.4 Å². The van der Waals surface area contributed by atoms with Crippen LogP contribution in [0.5, 0.6) is 5.75 Å². The lowest BCUT2D eigenvalue weighted by molar-refractivity contribution is 0.0937. The molecule has 0 unspecified atom stereocenters. The molecule has 1 heterocycles. The molecule has 35 heavy (non-hydrogen) atoms. The van der Waals surface area contributed by atoms with Crippen LogP contribution >= 0.6 is 0 Å². The molecular weight excluding hydrogens is 442 g/mol. The number of carbonyl (C=O) groups is 1. The Morgan fingerprint density at radius 2 is 1.77 bits per heavy atom. The van der Waals surface area contributed by atoms with Crippen molar-refractivity contribution in [1.82, 2.24) is 14.9 Å². The van der Waals surface area contributed by atoms with Gasteiger partial charge in [-0.1, -0.05) is 36.8 Å². The molecule has 0 aliphatic heterocycles. The van der Waals surface area contributed by atoms with Gasteiger partial charge in [0.2, 0.25) is 0 Å². The molecule has 8 nitrogen and oxygen atoms in total. The fourth-order valence-corrected chi connectivity index (χ4v) is 4.79. The Morgan fingerprint density at radius 3 is 2.37 bits per heavy atom. The van der Waals surface area contributed by atoms with Crippen molar-refractivity contribution in [2.75, 3.05) is 20.7 Å². The number of hydrogen-bond donors (Lipinski definition) is 2. The third-order valence-corrected chi connectivity index (χ3v) is 7.18. The molecule has 0 atom stereocenters. The van der Waals surface area contributed by atoms with Crippen LogP contribution in [0.2, 0.25) is 0 Å². The number of nitrogens with two attached hydrogens (primary N) is 2. The van der Waals surface area contributed by atoms with E-state index in [-0.39, 0.29) is 18.2 Å². The van der Waals surface area contributed by atoms with Gasteiger partial charge >= 0.3 is 6.09 Å². The van der Waals surface area contributed by atoms with Crippen LogP contribution in [0.1, 0.15) is 61.9 Å². The van der Waals surface area contributed by atoms with E-state index in [1.165, 1.54) is 24.3 Å². The maximum atomic E-state index is 12.9. The number of hydrazine groups is 1. The largest absolute Gasteiger partial charge is 0.489 e. The van der Waals surface area contributed by atoms with Gasteiger partial charge in [-0.05, 0) is 63.1 Å². The standard InChI is InChI=1S/C27H37N5O3/c1-19-24(35-21-12-8-5-9-13-21)15-14-22(30-19)25(28)23(32(3)29)18-34-26(33)31(2)27(16-17-27)20-10-6-4-7-11-20/h4,6-7,10-11,14-15,21H,5,8-9,12-13,16-18,28-29H2,1-3H3/b25-23-. The molecule has 0 radical (unpaired) electrons. The average Bonchev–Trinajstić information content (AvgIpc) is 3.68. The van der Waals surface area contributed by atoms with Gasteiger partial charge in [0, 0.05) is 14.1 Å². The molecule has 2 aromatic rings. The van der Waals surface area contributed by atoms with Gasteiger partial charge in [-0.3, -0.25) is 0 Å². The van der Waals surface area contributed by atoms with E-state index in [1.54, 1.807) is 19.0 Å². The van der Waals surface area contributed by atoms with E-state index in [4.69, 9.17) is 21.1 Å². The first-order valence-electron chi connectivity index (χ1n) is 12.4. The minimum atomic E-state index is -0.418. The summed E-state index contributed by atoms with van der Waals surface area (Å²) < 4.78 is 11.8. The van der Waals surface area contributed by atoms with E-state index in [2.05, 4.69) is 4.98 Å². The Bertz CT molecular complexity index is 1060. The average molecular weight is 480 g/mol. The Balaban J connectivity index is 1.44. The van der Waals surface area contributed by atoms with Crippen LogP contribution < -0.4 is 16.3 Å². The molecule has 4 N–H and O–H groups in total. The van der Waals surface area contributed by atoms with Gasteiger partial charge in [0.15, 0.2) is 0 Å². The van der Waals surface area contributed by atoms with Crippen molar-refractivity contribution < 1.29 is 14.3 Å². The molecule has 1 aromatic heterocycles.